The van der Waals surface area contributed by atoms with Crippen molar-refractivity contribution in [1.82, 2.24) is 10.2 Å². The summed E-state index contributed by atoms with van der Waals surface area (Å²) in [5, 5.41) is 3.30. The fraction of sp³-hybridized carbons (Fsp3) is 0.533. The molecule has 21 heavy (non-hydrogen) atoms. The van der Waals surface area contributed by atoms with Crippen LogP contribution in [-0.4, -0.2) is 37.0 Å². The highest BCUT2D eigenvalue weighted by molar-refractivity contribution is 5.94. The summed E-state index contributed by atoms with van der Waals surface area (Å²) < 4.78 is 38.1. The Hall–Kier alpha value is -1.56. The van der Waals surface area contributed by atoms with Gasteiger partial charge in [0, 0.05) is 30.6 Å². The molecule has 1 atom stereocenters. The third kappa shape index (κ3) is 2.77. The number of likely N-dealkylation sites (tertiary alicyclic amines) is 1. The zero-order valence-corrected chi connectivity index (χ0v) is 11.5. The molecular weight excluding hydrogens is 281 g/mol. The lowest BCUT2D eigenvalue weighted by atomic mass is 9.86. The molecule has 2 fully saturated rings. The topological polar surface area (TPSA) is 32.3 Å². The molecule has 3 nitrogen and oxygen atoms in total. The van der Waals surface area contributed by atoms with Crippen molar-refractivity contribution in [1.29, 1.82) is 0 Å². The molecule has 0 aromatic heterocycles. The van der Waals surface area contributed by atoms with Gasteiger partial charge in [-0.05, 0) is 37.6 Å². The SMILES string of the molecule is O=C(c1cccc(C(F)(F)F)c1)N1CCC2(CCNC2)C1. The molecule has 1 spiro atoms. The van der Waals surface area contributed by atoms with E-state index in [0.29, 0.717) is 13.1 Å². The van der Waals surface area contributed by atoms with E-state index in [0.717, 1.165) is 38.1 Å². The van der Waals surface area contributed by atoms with Crippen LogP contribution in [0, 0.1) is 5.41 Å². The van der Waals surface area contributed by atoms with Crippen molar-refractivity contribution in [2.24, 2.45) is 5.41 Å². The van der Waals surface area contributed by atoms with E-state index in [2.05, 4.69) is 5.32 Å². The Balaban J connectivity index is 1.77. The molecule has 0 radical (unpaired) electrons. The molecule has 1 aromatic rings. The van der Waals surface area contributed by atoms with Crippen LogP contribution in [0.4, 0.5) is 13.2 Å². The summed E-state index contributed by atoms with van der Waals surface area (Å²) in [4.78, 5) is 14.1. The number of nitrogens with zero attached hydrogens (tertiary/aromatic N) is 1. The van der Waals surface area contributed by atoms with Gasteiger partial charge in [-0.1, -0.05) is 6.07 Å². The summed E-state index contributed by atoms with van der Waals surface area (Å²) in [5.41, 5.74) is -0.533. The van der Waals surface area contributed by atoms with Gasteiger partial charge in [0.2, 0.25) is 0 Å². The average Bonchev–Trinajstić information content (AvgIpc) is 3.08. The molecule has 2 heterocycles. The predicted octanol–water partition coefficient (Wildman–Crippen LogP) is 2.53. The maximum atomic E-state index is 12.7. The summed E-state index contributed by atoms with van der Waals surface area (Å²) in [7, 11) is 0. The number of nitrogens with one attached hydrogen (secondary N) is 1. The zero-order chi connectivity index (χ0) is 15.1. The Morgan fingerprint density at radius 3 is 2.76 bits per heavy atom. The number of halogens is 3. The second kappa shape index (κ2) is 5.02. The Morgan fingerprint density at radius 2 is 2.10 bits per heavy atom. The number of rotatable bonds is 1. The lowest BCUT2D eigenvalue weighted by Crippen LogP contribution is -2.33. The molecule has 0 bridgehead atoms. The Morgan fingerprint density at radius 1 is 1.29 bits per heavy atom. The standard InChI is InChI=1S/C15H17F3N2O/c16-15(17,18)12-3-1-2-11(8-12)13(21)20-7-5-14(10-20)4-6-19-9-14/h1-3,8,19H,4-7,9-10H2. The maximum absolute atomic E-state index is 12.7. The van der Waals surface area contributed by atoms with Gasteiger partial charge in [-0.25, -0.2) is 0 Å². The van der Waals surface area contributed by atoms with Crippen molar-refractivity contribution < 1.29 is 18.0 Å². The smallest absolute Gasteiger partial charge is 0.338 e. The maximum Gasteiger partial charge on any atom is 0.416 e. The minimum absolute atomic E-state index is 0.118. The van der Waals surface area contributed by atoms with Crippen molar-refractivity contribution in [2.75, 3.05) is 26.2 Å². The second-order valence-corrected chi connectivity index (χ2v) is 5.98. The van der Waals surface area contributed by atoms with E-state index in [1.54, 1.807) is 4.90 Å². The summed E-state index contributed by atoms with van der Waals surface area (Å²) >= 11 is 0. The van der Waals surface area contributed by atoms with E-state index in [1.807, 2.05) is 0 Å². The van der Waals surface area contributed by atoms with Crippen molar-refractivity contribution >= 4 is 5.91 Å². The minimum atomic E-state index is -4.42. The number of alkyl halides is 3. The van der Waals surface area contributed by atoms with E-state index in [4.69, 9.17) is 0 Å². The highest BCUT2D eigenvalue weighted by atomic mass is 19.4. The van der Waals surface area contributed by atoms with Crippen LogP contribution in [0.1, 0.15) is 28.8 Å². The van der Waals surface area contributed by atoms with E-state index in [1.165, 1.54) is 12.1 Å². The summed E-state index contributed by atoms with van der Waals surface area (Å²) in [6, 6.07) is 4.68. The van der Waals surface area contributed by atoms with Gasteiger partial charge in [0.1, 0.15) is 0 Å². The van der Waals surface area contributed by atoms with Crippen molar-refractivity contribution in [3.63, 3.8) is 0 Å². The molecule has 1 unspecified atom stereocenters. The molecule has 1 amide bonds. The lowest BCUT2D eigenvalue weighted by molar-refractivity contribution is -0.137. The monoisotopic (exact) mass is 298 g/mol. The molecule has 2 aliphatic heterocycles. The van der Waals surface area contributed by atoms with Crippen LogP contribution in [0.2, 0.25) is 0 Å². The van der Waals surface area contributed by atoms with E-state index < -0.39 is 11.7 Å². The van der Waals surface area contributed by atoms with Gasteiger partial charge in [0.15, 0.2) is 0 Å². The zero-order valence-electron chi connectivity index (χ0n) is 11.5. The van der Waals surface area contributed by atoms with Gasteiger partial charge in [0.25, 0.3) is 5.91 Å². The van der Waals surface area contributed by atoms with Gasteiger partial charge in [-0.2, -0.15) is 13.2 Å². The summed E-state index contributed by atoms with van der Waals surface area (Å²) in [6.45, 7) is 3.09. The highest BCUT2D eigenvalue weighted by Gasteiger charge is 2.42. The number of benzene rings is 1. The molecule has 3 rings (SSSR count). The van der Waals surface area contributed by atoms with Crippen LogP contribution in [0.15, 0.2) is 24.3 Å². The van der Waals surface area contributed by atoms with Crippen LogP contribution in [-0.2, 0) is 6.18 Å². The van der Waals surface area contributed by atoms with Gasteiger partial charge in [-0.15, -0.1) is 0 Å². The first-order chi connectivity index (χ1) is 9.90. The first-order valence-corrected chi connectivity index (χ1v) is 7.07. The van der Waals surface area contributed by atoms with Gasteiger partial charge >= 0.3 is 6.18 Å². The molecule has 6 heteroatoms. The van der Waals surface area contributed by atoms with E-state index >= 15 is 0 Å². The first-order valence-electron chi connectivity index (χ1n) is 7.07. The van der Waals surface area contributed by atoms with Crippen LogP contribution < -0.4 is 5.32 Å². The van der Waals surface area contributed by atoms with Crippen LogP contribution >= 0.6 is 0 Å². The highest BCUT2D eigenvalue weighted by Crippen LogP contribution is 2.37. The van der Waals surface area contributed by atoms with E-state index in [9.17, 15) is 18.0 Å². The second-order valence-electron chi connectivity index (χ2n) is 5.98. The van der Waals surface area contributed by atoms with Crippen molar-refractivity contribution in [3.8, 4) is 0 Å². The lowest BCUT2D eigenvalue weighted by Gasteiger charge is -2.23. The van der Waals surface area contributed by atoms with Gasteiger partial charge < -0.3 is 10.2 Å². The Kier molecular flexibility index (Phi) is 3.43. The van der Waals surface area contributed by atoms with Crippen LogP contribution in [0.5, 0.6) is 0 Å². The van der Waals surface area contributed by atoms with Gasteiger partial charge in [-0.3, -0.25) is 4.79 Å². The number of hydrogen-bond acceptors (Lipinski definition) is 2. The molecule has 0 aliphatic carbocycles. The number of hydrogen-bond donors (Lipinski definition) is 1. The van der Waals surface area contributed by atoms with Crippen LogP contribution in [0.3, 0.4) is 0 Å². The Labute approximate surface area is 121 Å². The van der Waals surface area contributed by atoms with Crippen molar-refractivity contribution in [3.05, 3.63) is 35.4 Å². The van der Waals surface area contributed by atoms with Crippen LogP contribution in [0.25, 0.3) is 0 Å². The van der Waals surface area contributed by atoms with E-state index in [-0.39, 0.29) is 16.9 Å². The number of amides is 1. The third-order valence-corrected chi connectivity index (χ3v) is 4.49. The molecule has 1 N–H and O–H groups in total. The molecule has 114 valence electrons. The summed E-state index contributed by atoms with van der Waals surface area (Å²) in [5.74, 6) is -0.301. The molecule has 2 aliphatic rings. The quantitative estimate of drug-likeness (QED) is 0.864. The number of carbonyl (C=O) groups excluding carboxylic acids is 1. The molecule has 2 saturated heterocycles. The molecular formula is C15H17F3N2O. The van der Waals surface area contributed by atoms with Crippen molar-refractivity contribution in [2.45, 2.75) is 19.0 Å². The Bertz CT molecular complexity index is 550. The molecule has 0 saturated carbocycles. The normalized spacial score (nSPS) is 25.8. The largest absolute Gasteiger partial charge is 0.416 e. The van der Waals surface area contributed by atoms with Gasteiger partial charge in [0.05, 0.1) is 5.56 Å². The summed E-state index contributed by atoms with van der Waals surface area (Å²) in [6.07, 6.45) is -2.47. The molecule has 1 aromatic carbocycles. The average molecular weight is 298 g/mol. The predicted molar refractivity (Wildman–Crippen MR) is 71.9 cm³/mol. The fourth-order valence-corrected chi connectivity index (χ4v) is 3.26. The number of carbonyl (C=O) groups is 1. The minimum Gasteiger partial charge on any atom is -0.338 e. The fourth-order valence-electron chi connectivity index (χ4n) is 3.26. The third-order valence-electron chi connectivity index (χ3n) is 4.49. The first kappa shape index (κ1) is 14.4.